The molecule has 3 unspecified atom stereocenters. The fourth-order valence-corrected chi connectivity index (χ4v) is 3.11. The Morgan fingerprint density at radius 3 is 2.88 bits per heavy atom. The predicted octanol–water partition coefficient (Wildman–Crippen LogP) is 3.01. The van der Waals surface area contributed by atoms with Crippen molar-refractivity contribution in [1.29, 1.82) is 0 Å². The summed E-state index contributed by atoms with van der Waals surface area (Å²) in [6.45, 7) is 9.16. The predicted molar refractivity (Wildman–Crippen MR) is 94.6 cm³/mol. The first-order valence-corrected chi connectivity index (χ1v) is 8.57. The smallest absolute Gasteiger partial charge is 0.334 e. The fourth-order valence-electron chi connectivity index (χ4n) is 3.11. The number of hydrogen-bond donors (Lipinski definition) is 1. The molecule has 0 aromatic heterocycles. The maximum atomic E-state index is 12.3. The zero-order chi connectivity index (χ0) is 18.6. The zero-order valence-corrected chi connectivity index (χ0v) is 15.1. The number of rotatable bonds is 3. The normalized spacial score (nSPS) is 27.8. The average molecular weight is 346 g/mol. The minimum Gasteiger partial charge on any atom is -0.458 e. The fraction of sp³-hybridized carbons (Fsp3) is 0.500. The van der Waals surface area contributed by atoms with Crippen LogP contribution in [0.5, 0.6) is 0 Å². The monoisotopic (exact) mass is 346 g/mol. The molecule has 1 aliphatic heterocycles. The van der Waals surface area contributed by atoms with Gasteiger partial charge in [0.2, 0.25) is 0 Å². The Hall–Kier alpha value is -2.14. The van der Waals surface area contributed by atoms with Crippen molar-refractivity contribution in [3.05, 3.63) is 47.1 Å². The largest absolute Gasteiger partial charge is 0.458 e. The van der Waals surface area contributed by atoms with Crippen molar-refractivity contribution in [3.8, 4) is 0 Å². The molecule has 0 radical (unpaired) electrons. The standard InChI is InChI=1S/C20H26O5/c1-5-13(3)19(22)24-17-10-15(11-21)8-6-7-12(2)9-16-18(17)14(4)20(23)25-16/h5,8-9,16-18,21H,4,6-7,10-11H2,1-3H3. The lowest BCUT2D eigenvalue weighted by atomic mass is 9.85. The summed E-state index contributed by atoms with van der Waals surface area (Å²) in [5.41, 5.74) is 2.67. The van der Waals surface area contributed by atoms with Crippen molar-refractivity contribution in [2.24, 2.45) is 5.92 Å². The molecule has 25 heavy (non-hydrogen) atoms. The van der Waals surface area contributed by atoms with Gasteiger partial charge in [0, 0.05) is 17.6 Å². The van der Waals surface area contributed by atoms with E-state index in [1.54, 1.807) is 19.9 Å². The van der Waals surface area contributed by atoms with Crippen molar-refractivity contribution in [2.75, 3.05) is 6.61 Å². The van der Waals surface area contributed by atoms with E-state index in [4.69, 9.17) is 9.47 Å². The molecule has 136 valence electrons. The summed E-state index contributed by atoms with van der Waals surface area (Å²) in [5.74, 6) is -1.35. The van der Waals surface area contributed by atoms with Crippen LogP contribution in [0.3, 0.4) is 0 Å². The summed E-state index contributed by atoms with van der Waals surface area (Å²) < 4.78 is 11.1. The van der Waals surface area contributed by atoms with Gasteiger partial charge in [-0.15, -0.1) is 0 Å². The number of esters is 2. The summed E-state index contributed by atoms with van der Waals surface area (Å²) in [6.07, 6.45) is 6.40. The second kappa shape index (κ2) is 8.30. The molecule has 5 nitrogen and oxygen atoms in total. The number of aliphatic hydroxyl groups is 1. The van der Waals surface area contributed by atoms with Gasteiger partial charge in [-0.3, -0.25) is 0 Å². The lowest BCUT2D eigenvalue weighted by Crippen LogP contribution is -2.34. The van der Waals surface area contributed by atoms with Crippen molar-refractivity contribution < 1.29 is 24.2 Å². The number of ether oxygens (including phenoxy) is 2. The van der Waals surface area contributed by atoms with E-state index < -0.39 is 30.1 Å². The molecule has 1 aliphatic carbocycles. The van der Waals surface area contributed by atoms with Crippen molar-refractivity contribution in [3.63, 3.8) is 0 Å². The molecule has 1 fully saturated rings. The molecule has 1 N–H and O–H groups in total. The van der Waals surface area contributed by atoms with E-state index in [-0.39, 0.29) is 6.61 Å². The highest BCUT2D eigenvalue weighted by Crippen LogP contribution is 2.36. The molecule has 2 aliphatic rings. The SMILES string of the molecule is C=C1C(=O)OC2C=C(C)CCC=C(CO)CC(OC(=O)C(C)=CC)C12. The van der Waals surface area contributed by atoms with E-state index in [1.165, 1.54) is 0 Å². The van der Waals surface area contributed by atoms with E-state index in [0.717, 1.165) is 24.0 Å². The molecule has 2 rings (SSSR count). The summed E-state index contributed by atoms with van der Waals surface area (Å²) in [5, 5.41) is 9.65. The first-order valence-electron chi connectivity index (χ1n) is 8.57. The molecular formula is C20H26O5. The van der Waals surface area contributed by atoms with Crippen LogP contribution in [0.15, 0.2) is 47.1 Å². The topological polar surface area (TPSA) is 72.8 Å². The molecule has 1 heterocycles. The van der Waals surface area contributed by atoms with Crippen molar-refractivity contribution >= 4 is 11.9 Å². The Balaban J connectivity index is 2.41. The van der Waals surface area contributed by atoms with Crippen LogP contribution in [-0.4, -0.2) is 35.9 Å². The summed E-state index contributed by atoms with van der Waals surface area (Å²) in [7, 11) is 0. The lowest BCUT2D eigenvalue weighted by Gasteiger charge is -2.27. The molecule has 0 amide bonds. The first-order chi connectivity index (χ1) is 11.9. The van der Waals surface area contributed by atoms with Crippen molar-refractivity contribution in [2.45, 2.75) is 52.2 Å². The minimum atomic E-state index is -0.619. The highest BCUT2D eigenvalue weighted by Gasteiger charge is 2.44. The van der Waals surface area contributed by atoms with Gasteiger partial charge in [-0.05, 0) is 45.3 Å². The first kappa shape index (κ1) is 19.2. The van der Waals surface area contributed by atoms with Gasteiger partial charge in [0.15, 0.2) is 0 Å². The van der Waals surface area contributed by atoms with Crippen LogP contribution in [0.25, 0.3) is 0 Å². The minimum absolute atomic E-state index is 0.113. The number of aliphatic hydroxyl groups excluding tert-OH is 1. The van der Waals surface area contributed by atoms with Gasteiger partial charge in [-0.25, -0.2) is 9.59 Å². The van der Waals surface area contributed by atoms with Gasteiger partial charge >= 0.3 is 11.9 Å². The van der Waals surface area contributed by atoms with E-state index in [1.807, 2.05) is 19.1 Å². The lowest BCUT2D eigenvalue weighted by molar-refractivity contribution is -0.147. The van der Waals surface area contributed by atoms with Gasteiger partial charge < -0.3 is 14.6 Å². The van der Waals surface area contributed by atoms with Crippen LogP contribution >= 0.6 is 0 Å². The van der Waals surface area contributed by atoms with Crippen LogP contribution in [0, 0.1) is 5.92 Å². The molecule has 5 heteroatoms. The highest BCUT2D eigenvalue weighted by molar-refractivity contribution is 5.92. The molecule has 0 aromatic rings. The number of fused-ring (bicyclic) bond motifs is 1. The number of allylic oxidation sites excluding steroid dienone is 3. The highest BCUT2D eigenvalue weighted by atomic mass is 16.6. The van der Waals surface area contributed by atoms with E-state index in [9.17, 15) is 14.7 Å². The number of carbonyl (C=O) groups is 2. The third-order valence-electron chi connectivity index (χ3n) is 4.76. The van der Waals surface area contributed by atoms with Crippen LogP contribution < -0.4 is 0 Å². The molecule has 3 atom stereocenters. The summed E-state index contributed by atoms with van der Waals surface area (Å²) >= 11 is 0. The third-order valence-corrected chi connectivity index (χ3v) is 4.76. The Morgan fingerprint density at radius 2 is 2.24 bits per heavy atom. The third kappa shape index (κ3) is 4.48. The van der Waals surface area contributed by atoms with Gasteiger partial charge in [-0.1, -0.05) is 24.3 Å². The quantitative estimate of drug-likeness (QED) is 0.483. The molecule has 0 aromatic carbocycles. The maximum Gasteiger partial charge on any atom is 0.334 e. The average Bonchev–Trinajstić information content (AvgIpc) is 2.85. The van der Waals surface area contributed by atoms with Crippen LogP contribution in [0.2, 0.25) is 0 Å². The Morgan fingerprint density at radius 1 is 1.52 bits per heavy atom. The Kier molecular flexibility index (Phi) is 6.37. The van der Waals surface area contributed by atoms with E-state index in [0.29, 0.717) is 17.6 Å². The van der Waals surface area contributed by atoms with Gasteiger partial charge in [0.1, 0.15) is 12.2 Å². The molecule has 0 saturated carbocycles. The molecule has 1 saturated heterocycles. The van der Waals surface area contributed by atoms with Gasteiger partial charge in [0.05, 0.1) is 12.5 Å². The molecule has 0 spiro atoms. The maximum absolute atomic E-state index is 12.3. The Bertz CT molecular complexity index is 651. The number of carbonyl (C=O) groups excluding carboxylic acids is 2. The van der Waals surface area contributed by atoms with Crippen LogP contribution in [0.4, 0.5) is 0 Å². The van der Waals surface area contributed by atoms with E-state index in [2.05, 4.69) is 6.58 Å². The van der Waals surface area contributed by atoms with Crippen LogP contribution in [0.1, 0.15) is 40.0 Å². The molecular weight excluding hydrogens is 320 g/mol. The van der Waals surface area contributed by atoms with Gasteiger partial charge in [-0.2, -0.15) is 0 Å². The second-order valence-corrected chi connectivity index (χ2v) is 6.61. The van der Waals surface area contributed by atoms with Crippen molar-refractivity contribution in [1.82, 2.24) is 0 Å². The molecule has 0 bridgehead atoms. The van der Waals surface area contributed by atoms with Gasteiger partial charge in [0.25, 0.3) is 0 Å². The second-order valence-electron chi connectivity index (χ2n) is 6.61. The Labute approximate surface area is 148 Å². The summed E-state index contributed by atoms with van der Waals surface area (Å²) in [6, 6.07) is 0. The zero-order valence-electron chi connectivity index (χ0n) is 15.1. The summed E-state index contributed by atoms with van der Waals surface area (Å²) in [4.78, 5) is 24.3. The van der Waals surface area contributed by atoms with Crippen LogP contribution in [-0.2, 0) is 19.1 Å². The van der Waals surface area contributed by atoms with E-state index >= 15 is 0 Å². The number of hydrogen-bond acceptors (Lipinski definition) is 5.